The third-order valence-electron chi connectivity index (χ3n) is 6.39. The number of ketones is 1. The molecule has 7 heteroatoms. The van der Waals surface area contributed by atoms with Crippen LogP contribution in [0.15, 0.2) is 84.9 Å². The topological polar surface area (TPSA) is 105 Å². The molecule has 3 aromatic carbocycles. The van der Waals surface area contributed by atoms with Gasteiger partial charge in [-0.2, -0.15) is 0 Å². The third kappa shape index (κ3) is 5.25. The maximum Gasteiger partial charge on any atom is 0.235 e. The molecule has 3 N–H and O–H groups in total. The summed E-state index contributed by atoms with van der Waals surface area (Å²) in [5, 5.41) is 17.0. The highest BCUT2D eigenvalue weighted by molar-refractivity contribution is 6.10. The molecule has 0 aromatic heterocycles. The molecule has 0 saturated heterocycles. The Bertz CT molecular complexity index is 1210. The molecule has 1 aliphatic carbocycles. The number of para-hydroxylation sites is 2. The number of anilines is 2. The number of rotatable bonds is 6. The SMILES string of the molecule is COc1cccc(C2C(C(=O)Nc3ccccc3)C(=O)CC(C)(O)C2C(=O)Nc2ccccc2)c1. The molecule has 2 amide bonds. The Hall–Kier alpha value is -3.97. The Balaban J connectivity index is 1.78. The average Bonchev–Trinajstić information content (AvgIpc) is 2.84. The first-order chi connectivity index (χ1) is 16.8. The van der Waals surface area contributed by atoms with Gasteiger partial charge in [-0.1, -0.05) is 48.5 Å². The van der Waals surface area contributed by atoms with Crippen LogP contribution in [-0.2, 0) is 14.4 Å². The summed E-state index contributed by atoms with van der Waals surface area (Å²) in [7, 11) is 1.51. The number of amides is 2. The number of methoxy groups -OCH3 is 1. The standard InChI is InChI=1S/C28H28N2O5/c1-28(34)17-22(31)24(26(32)29-19-11-5-3-6-12-19)23(18-10-9-15-21(16-18)35-2)25(28)27(33)30-20-13-7-4-8-14-20/h3-16,23-25,34H,17H2,1-2H3,(H,29,32)(H,30,33). The molecule has 3 aromatic rings. The van der Waals surface area contributed by atoms with E-state index in [1.54, 1.807) is 72.8 Å². The number of carbonyl (C=O) groups is 3. The van der Waals surface area contributed by atoms with E-state index >= 15 is 0 Å². The van der Waals surface area contributed by atoms with Gasteiger partial charge in [-0.3, -0.25) is 14.4 Å². The van der Waals surface area contributed by atoms with Crippen LogP contribution < -0.4 is 15.4 Å². The van der Waals surface area contributed by atoms with E-state index in [0.717, 1.165) is 0 Å². The molecule has 4 atom stereocenters. The summed E-state index contributed by atoms with van der Waals surface area (Å²) >= 11 is 0. The van der Waals surface area contributed by atoms with Crippen LogP contribution in [-0.4, -0.2) is 35.4 Å². The molecular formula is C28H28N2O5. The van der Waals surface area contributed by atoms with Crippen molar-refractivity contribution in [3.63, 3.8) is 0 Å². The molecule has 4 rings (SSSR count). The Kier molecular flexibility index (Phi) is 6.98. The normalized spacial score (nSPS) is 23.9. The second kappa shape index (κ2) is 10.1. The van der Waals surface area contributed by atoms with Crippen LogP contribution in [0.4, 0.5) is 11.4 Å². The monoisotopic (exact) mass is 472 g/mol. The minimum Gasteiger partial charge on any atom is -0.497 e. The van der Waals surface area contributed by atoms with Crippen molar-refractivity contribution in [1.82, 2.24) is 0 Å². The first-order valence-corrected chi connectivity index (χ1v) is 11.4. The number of ether oxygens (including phenoxy) is 1. The molecular weight excluding hydrogens is 444 g/mol. The summed E-state index contributed by atoms with van der Waals surface area (Å²) in [6, 6.07) is 24.6. The summed E-state index contributed by atoms with van der Waals surface area (Å²) in [5.41, 5.74) is -0.0241. The van der Waals surface area contributed by atoms with Gasteiger partial charge in [-0.25, -0.2) is 0 Å². The number of nitrogens with one attached hydrogen (secondary N) is 2. The zero-order chi connectivity index (χ0) is 25.0. The molecule has 4 unspecified atom stereocenters. The third-order valence-corrected chi connectivity index (χ3v) is 6.39. The smallest absolute Gasteiger partial charge is 0.235 e. The number of carbonyl (C=O) groups excluding carboxylic acids is 3. The van der Waals surface area contributed by atoms with Crippen molar-refractivity contribution in [2.45, 2.75) is 24.9 Å². The lowest BCUT2D eigenvalue weighted by Gasteiger charge is -2.44. The van der Waals surface area contributed by atoms with Gasteiger partial charge < -0.3 is 20.5 Å². The van der Waals surface area contributed by atoms with Gasteiger partial charge in [0.1, 0.15) is 17.5 Å². The predicted molar refractivity (Wildman–Crippen MR) is 133 cm³/mol. The van der Waals surface area contributed by atoms with Gasteiger partial charge in [0.2, 0.25) is 11.8 Å². The van der Waals surface area contributed by atoms with E-state index in [9.17, 15) is 19.5 Å². The Labute approximate surface area is 204 Å². The van der Waals surface area contributed by atoms with Crippen molar-refractivity contribution >= 4 is 29.0 Å². The quantitative estimate of drug-likeness (QED) is 0.470. The minimum atomic E-state index is -1.67. The first-order valence-electron chi connectivity index (χ1n) is 11.4. The lowest BCUT2D eigenvalue weighted by atomic mass is 9.61. The van der Waals surface area contributed by atoms with E-state index in [1.165, 1.54) is 14.0 Å². The van der Waals surface area contributed by atoms with Gasteiger partial charge in [0.15, 0.2) is 0 Å². The van der Waals surface area contributed by atoms with Crippen molar-refractivity contribution < 1.29 is 24.2 Å². The molecule has 0 heterocycles. The van der Waals surface area contributed by atoms with Crippen LogP contribution in [0.3, 0.4) is 0 Å². The zero-order valence-electron chi connectivity index (χ0n) is 19.6. The van der Waals surface area contributed by atoms with Crippen molar-refractivity contribution in [2.75, 3.05) is 17.7 Å². The number of benzene rings is 3. The molecule has 35 heavy (non-hydrogen) atoms. The number of aliphatic hydroxyl groups is 1. The maximum atomic E-state index is 13.6. The van der Waals surface area contributed by atoms with E-state index in [2.05, 4.69) is 10.6 Å². The number of hydrogen-bond acceptors (Lipinski definition) is 5. The fourth-order valence-corrected chi connectivity index (χ4v) is 4.82. The summed E-state index contributed by atoms with van der Waals surface area (Å²) in [5.74, 6) is -4.10. The lowest BCUT2D eigenvalue weighted by molar-refractivity contribution is -0.150. The van der Waals surface area contributed by atoms with Crippen LogP contribution in [0.1, 0.15) is 24.8 Å². The van der Waals surface area contributed by atoms with Gasteiger partial charge in [0, 0.05) is 23.7 Å². The molecule has 1 aliphatic rings. The molecule has 0 spiro atoms. The average molecular weight is 473 g/mol. The molecule has 180 valence electrons. The Morgan fingerprint density at radius 2 is 1.46 bits per heavy atom. The van der Waals surface area contributed by atoms with Gasteiger partial charge in [0.05, 0.1) is 18.6 Å². The Morgan fingerprint density at radius 3 is 2.03 bits per heavy atom. The van der Waals surface area contributed by atoms with Crippen LogP contribution in [0.25, 0.3) is 0 Å². The van der Waals surface area contributed by atoms with Crippen LogP contribution >= 0.6 is 0 Å². The molecule has 7 nitrogen and oxygen atoms in total. The number of hydrogen-bond donors (Lipinski definition) is 3. The van der Waals surface area contributed by atoms with Crippen LogP contribution in [0, 0.1) is 11.8 Å². The summed E-state index contributed by atoms with van der Waals surface area (Å²) in [6.07, 6.45) is -0.326. The fourth-order valence-electron chi connectivity index (χ4n) is 4.82. The van der Waals surface area contributed by atoms with Crippen molar-refractivity contribution in [2.24, 2.45) is 11.8 Å². The van der Waals surface area contributed by atoms with E-state index in [0.29, 0.717) is 22.7 Å². The second-order valence-corrected chi connectivity index (χ2v) is 8.97. The van der Waals surface area contributed by atoms with E-state index < -0.39 is 41.0 Å². The highest BCUT2D eigenvalue weighted by Gasteiger charge is 2.56. The van der Waals surface area contributed by atoms with E-state index in [-0.39, 0.29) is 6.42 Å². The Morgan fingerprint density at radius 1 is 0.886 bits per heavy atom. The molecule has 0 radical (unpaired) electrons. The highest BCUT2D eigenvalue weighted by Crippen LogP contribution is 2.47. The van der Waals surface area contributed by atoms with Gasteiger partial charge in [0.25, 0.3) is 0 Å². The minimum absolute atomic E-state index is 0.326. The predicted octanol–water partition coefficient (Wildman–Crippen LogP) is 4.01. The number of Topliss-reactive ketones (excluding diaryl/α,β-unsaturated/α-hetero) is 1. The fraction of sp³-hybridized carbons (Fsp3) is 0.250. The van der Waals surface area contributed by atoms with E-state index in [1.807, 2.05) is 12.1 Å². The summed E-state index contributed by atoms with van der Waals surface area (Å²) < 4.78 is 5.36. The van der Waals surface area contributed by atoms with Gasteiger partial charge in [-0.15, -0.1) is 0 Å². The summed E-state index contributed by atoms with van der Waals surface area (Å²) in [4.78, 5) is 40.4. The van der Waals surface area contributed by atoms with Crippen molar-refractivity contribution in [1.29, 1.82) is 0 Å². The van der Waals surface area contributed by atoms with Crippen molar-refractivity contribution in [3.8, 4) is 5.75 Å². The maximum absolute atomic E-state index is 13.6. The van der Waals surface area contributed by atoms with Gasteiger partial charge >= 0.3 is 0 Å². The molecule has 1 fully saturated rings. The molecule has 1 saturated carbocycles. The largest absolute Gasteiger partial charge is 0.497 e. The molecule has 0 aliphatic heterocycles. The van der Waals surface area contributed by atoms with Crippen LogP contribution in [0.5, 0.6) is 5.75 Å². The first kappa shape index (κ1) is 24.2. The second-order valence-electron chi connectivity index (χ2n) is 8.97. The summed E-state index contributed by atoms with van der Waals surface area (Å²) in [6.45, 7) is 1.47. The van der Waals surface area contributed by atoms with Gasteiger partial charge in [-0.05, 0) is 48.9 Å². The lowest BCUT2D eigenvalue weighted by Crippen LogP contribution is -2.56. The molecule has 0 bridgehead atoms. The van der Waals surface area contributed by atoms with Crippen molar-refractivity contribution in [3.05, 3.63) is 90.5 Å². The highest BCUT2D eigenvalue weighted by atomic mass is 16.5. The zero-order valence-corrected chi connectivity index (χ0v) is 19.6. The van der Waals surface area contributed by atoms with Crippen LogP contribution in [0.2, 0.25) is 0 Å². The van der Waals surface area contributed by atoms with E-state index in [4.69, 9.17) is 4.74 Å².